The molecule has 0 aliphatic carbocycles. The number of hydrogen-bond donors (Lipinski definition) is 0. The van der Waals surface area contributed by atoms with Crippen LogP contribution in [0.4, 0.5) is 10.8 Å². The van der Waals surface area contributed by atoms with E-state index in [9.17, 15) is 14.9 Å². The minimum absolute atomic E-state index is 0.0375. The Morgan fingerprint density at radius 1 is 1.25 bits per heavy atom. The second-order valence-electron chi connectivity index (χ2n) is 5.79. The molecular weight excluding hydrogens is 328 g/mol. The van der Waals surface area contributed by atoms with Crippen LogP contribution in [0.15, 0.2) is 24.4 Å². The van der Waals surface area contributed by atoms with Crippen LogP contribution in [0.25, 0.3) is 0 Å². The maximum absolute atomic E-state index is 12.6. The molecule has 1 aliphatic heterocycles. The lowest BCUT2D eigenvalue weighted by Crippen LogP contribution is -2.48. The molecule has 1 aliphatic rings. The van der Waals surface area contributed by atoms with Crippen LogP contribution in [0.2, 0.25) is 0 Å². The van der Waals surface area contributed by atoms with Gasteiger partial charge in [0.05, 0.1) is 4.92 Å². The maximum atomic E-state index is 12.6. The molecule has 24 heavy (non-hydrogen) atoms. The summed E-state index contributed by atoms with van der Waals surface area (Å²) in [4.78, 5) is 32.6. The SMILES string of the molecule is Cc1cnc(N2CCN(C(=O)c3ccc([N+](=O)[O-])c(C)c3)CC2)s1. The molecular formula is C16H18N4O3S. The highest BCUT2D eigenvalue weighted by atomic mass is 32.1. The van der Waals surface area contributed by atoms with Crippen LogP contribution in [0.1, 0.15) is 20.8 Å². The minimum Gasteiger partial charge on any atom is -0.345 e. The molecule has 3 rings (SSSR count). The van der Waals surface area contributed by atoms with Gasteiger partial charge in [0.25, 0.3) is 11.6 Å². The van der Waals surface area contributed by atoms with Gasteiger partial charge in [-0.05, 0) is 26.0 Å². The van der Waals surface area contributed by atoms with Crippen molar-refractivity contribution in [3.8, 4) is 0 Å². The van der Waals surface area contributed by atoms with Crippen LogP contribution in [-0.4, -0.2) is 46.9 Å². The van der Waals surface area contributed by atoms with Crippen molar-refractivity contribution in [3.05, 3.63) is 50.5 Å². The Labute approximate surface area is 143 Å². The van der Waals surface area contributed by atoms with Gasteiger partial charge in [-0.3, -0.25) is 14.9 Å². The highest BCUT2D eigenvalue weighted by Gasteiger charge is 2.24. The van der Waals surface area contributed by atoms with E-state index in [0.29, 0.717) is 24.2 Å². The van der Waals surface area contributed by atoms with E-state index in [1.165, 1.54) is 17.0 Å². The number of nitro benzene ring substituents is 1. The summed E-state index contributed by atoms with van der Waals surface area (Å²) in [6.45, 7) is 6.39. The molecule has 1 aromatic carbocycles. The first kappa shape index (κ1) is 16.4. The van der Waals surface area contributed by atoms with Crippen molar-refractivity contribution >= 4 is 28.1 Å². The Balaban J connectivity index is 1.67. The summed E-state index contributed by atoms with van der Waals surface area (Å²) >= 11 is 1.65. The fourth-order valence-corrected chi connectivity index (χ4v) is 3.58. The average Bonchev–Trinajstić information content (AvgIpc) is 3.00. The summed E-state index contributed by atoms with van der Waals surface area (Å²) in [6, 6.07) is 4.53. The van der Waals surface area contributed by atoms with Gasteiger partial charge < -0.3 is 9.80 Å². The molecule has 0 saturated carbocycles. The van der Waals surface area contributed by atoms with Crippen LogP contribution in [0, 0.1) is 24.0 Å². The molecule has 1 saturated heterocycles. The van der Waals surface area contributed by atoms with E-state index in [1.807, 2.05) is 13.1 Å². The predicted octanol–water partition coefficient (Wildman–Crippen LogP) is 2.63. The van der Waals surface area contributed by atoms with E-state index in [4.69, 9.17) is 0 Å². The number of thiazole rings is 1. The second-order valence-corrected chi connectivity index (χ2v) is 7.00. The predicted molar refractivity (Wildman–Crippen MR) is 92.8 cm³/mol. The van der Waals surface area contributed by atoms with Gasteiger partial charge in [0.1, 0.15) is 0 Å². The first-order valence-corrected chi connectivity index (χ1v) is 8.49. The highest BCUT2D eigenvalue weighted by molar-refractivity contribution is 7.15. The number of aryl methyl sites for hydroxylation is 2. The standard InChI is InChI=1S/C16H18N4O3S/c1-11-9-13(3-4-14(11)20(22)23)15(21)18-5-7-19(8-6-18)16-17-10-12(2)24-16/h3-4,9-10H,5-8H2,1-2H3. The number of amides is 1. The summed E-state index contributed by atoms with van der Waals surface area (Å²) in [7, 11) is 0. The van der Waals surface area contributed by atoms with Crippen LogP contribution in [0.3, 0.4) is 0 Å². The van der Waals surface area contributed by atoms with Gasteiger partial charge in [0, 0.05) is 54.4 Å². The van der Waals surface area contributed by atoms with E-state index < -0.39 is 4.92 Å². The van der Waals surface area contributed by atoms with Crippen molar-refractivity contribution in [1.29, 1.82) is 0 Å². The molecule has 2 aromatic rings. The molecule has 0 N–H and O–H groups in total. The van der Waals surface area contributed by atoms with Crippen molar-refractivity contribution < 1.29 is 9.72 Å². The maximum Gasteiger partial charge on any atom is 0.272 e. The van der Waals surface area contributed by atoms with Crippen molar-refractivity contribution in [1.82, 2.24) is 9.88 Å². The number of benzene rings is 1. The summed E-state index contributed by atoms with van der Waals surface area (Å²) in [5.41, 5.74) is 1.04. The van der Waals surface area contributed by atoms with E-state index in [2.05, 4.69) is 9.88 Å². The number of piperazine rings is 1. The van der Waals surface area contributed by atoms with Gasteiger partial charge in [0.15, 0.2) is 5.13 Å². The van der Waals surface area contributed by atoms with Gasteiger partial charge >= 0.3 is 0 Å². The molecule has 126 valence electrons. The Morgan fingerprint density at radius 2 is 1.96 bits per heavy atom. The van der Waals surface area contributed by atoms with Crippen molar-refractivity contribution in [3.63, 3.8) is 0 Å². The average molecular weight is 346 g/mol. The van der Waals surface area contributed by atoms with Gasteiger partial charge in [-0.2, -0.15) is 0 Å². The van der Waals surface area contributed by atoms with Crippen molar-refractivity contribution in [2.24, 2.45) is 0 Å². The van der Waals surface area contributed by atoms with Gasteiger partial charge in [-0.1, -0.05) is 0 Å². The lowest BCUT2D eigenvalue weighted by molar-refractivity contribution is -0.385. The zero-order chi connectivity index (χ0) is 17.3. The van der Waals surface area contributed by atoms with Gasteiger partial charge in [-0.15, -0.1) is 11.3 Å². The number of aromatic nitrogens is 1. The number of rotatable bonds is 3. The molecule has 1 fully saturated rings. The molecule has 2 heterocycles. The molecule has 8 heteroatoms. The number of carbonyl (C=O) groups is 1. The largest absolute Gasteiger partial charge is 0.345 e. The Morgan fingerprint density at radius 3 is 2.50 bits per heavy atom. The van der Waals surface area contributed by atoms with Gasteiger partial charge in [0.2, 0.25) is 0 Å². The zero-order valence-electron chi connectivity index (χ0n) is 13.6. The summed E-state index contributed by atoms with van der Waals surface area (Å²) in [5.74, 6) is -0.0806. The molecule has 7 nitrogen and oxygen atoms in total. The Bertz CT molecular complexity index is 781. The second kappa shape index (κ2) is 6.56. The number of anilines is 1. The van der Waals surface area contributed by atoms with Crippen LogP contribution >= 0.6 is 11.3 Å². The first-order chi connectivity index (χ1) is 11.5. The normalized spacial score (nSPS) is 14.8. The Hall–Kier alpha value is -2.48. The fourth-order valence-electron chi connectivity index (χ4n) is 2.77. The van der Waals surface area contributed by atoms with Crippen LogP contribution < -0.4 is 4.90 Å². The van der Waals surface area contributed by atoms with E-state index in [1.54, 1.807) is 29.2 Å². The fraction of sp³-hybridized carbons (Fsp3) is 0.375. The third-order valence-electron chi connectivity index (χ3n) is 4.09. The number of carbonyl (C=O) groups excluding carboxylic acids is 1. The summed E-state index contributed by atoms with van der Waals surface area (Å²) in [6.07, 6.45) is 1.86. The van der Waals surface area contributed by atoms with Gasteiger partial charge in [-0.25, -0.2) is 4.98 Å². The highest BCUT2D eigenvalue weighted by Crippen LogP contribution is 2.24. The third kappa shape index (κ3) is 3.23. The quantitative estimate of drug-likeness (QED) is 0.630. The topological polar surface area (TPSA) is 79.6 Å². The number of nitrogens with zero attached hydrogens (tertiary/aromatic N) is 4. The van der Waals surface area contributed by atoms with Crippen LogP contribution in [0.5, 0.6) is 0 Å². The molecule has 0 atom stereocenters. The lowest BCUT2D eigenvalue weighted by Gasteiger charge is -2.34. The molecule has 0 spiro atoms. The third-order valence-corrected chi connectivity index (χ3v) is 5.06. The monoisotopic (exact) mass is 346 g/mol. The first-order valence-electron chi connectivity index (χ1n) is 7.67. The molecule has 1 amide bonds. The number of hydrogen-bond acceptors (Lipinski definition) is 6. The summed E-state index contributed by atoms with van der Waals surface area (Å²) < 4.78 is 0. The Kier molecular flexibility index (Phi) is 4.48. The number of nitro groups is 1. The van der Waals surface area contributed by atoms with Crippen molar-refractivity contribution in [2.45, 2.75) is 13.8 Å². The minimum atomic E-state index is -0.432. The molecule has 0 bridgehead atoms. The van der Waals surface area contributed by atoms with E-state index >= 15 is 0 Å². The lowest BCUT2D eigenvalue weighted by atomic mass is 10.1. The van der Waals surface area contributed by atoms with Crippen LogP contribution in [-0.2, 0) is 0 Å². The summed E-state index contributed by atoms with van der Waals surface area (Å²) in [5, 5.41) is 11.9. The van der Waals surface area contributed by atoms with E-state index in [0.717, 1.165) is 18.2 Å². The molecule has 0 unspecified atom stereocenters. The molecule has 0 radical (unpaired) electrons. The molecule has 1 aromatic heterocycles. The van der Waals surface area contributed by atoms with E-state index in [-0.39, 0.29) is 11.6 Å². The smallest absolute Gasteiger partial charge is 0.272 e. The van der Waals surface area contributed by atoms with Crippen molar-refractivity contribution in [2.75, 3.05) is 31.1 Å². The zero-order valence-corrected chi connectivity index (χ0v) is 14.4.